The molecule has 152 valence electrons. The first-order valence-corrected chi connectivity index (χ1v) is 10.5. The molecule has 1 aromatic heterocycles. The van der Waals surface area contributed by atoms with E-state index in [-0.39, 0.29) is 12.0 Å². The van der Waals surface area contributed by atoms with Gasteiger partial charge in [-0.3, -0.25) is 4.79 Å². The fourth-order valence-electron chi connectivity index (χ4n) is 2.72. The second-order valence-electron chi connectivity index (χ2n) is 6.83. The fourth-order valence-corrected chi connectivity index (χ4v) is 3.60. The molecule has 1 heterocycles. The molecule has 1 amide bonds. The Bertz CT molecular complexity index is 956. The number of carbonyl (C=O) groups is 1. The monoisotopic (exact) mass is 411 g/mol. The van der Waals surface area contributed by atoms with Crippen molar-refractivity contribution in [3.63, 3.8) is 0 Å². The Morgan fingerprint density at radius 2 is 1.86 bits per heavy atom. The van der Waals surface area contributed by atoms with Crippen molar-refractivity contribution in [2.24, 2.45) is 0 Å². The van der Waals surface area contributed by atoms with Gasteiger partial charge in [-0.15, -0.1) is 11.8 Å². The molecule has 6 nitrogen and oxygen atoms in total. The SMILES string of the molecule is Cc1noc(CSc2ccccc2C(=O)NCc2ccccc2COC(C)C)n1. The van der Waals surface area contributed by atoms with Crippen LogP contribution in [0.4, 0.5) is 0 Å². The van der Waals surface area contributed by atoms with Crippen molar-refractivity contribution in [2.75, 3.05) is 0 Å². The van der Waals surface area contributed by atoms with Crippen LogP contribution < -0.4 is 5.32 Å². The van der Waals surface area contributed by atoms with E-state index < -0.39 is 0 Å². The number of rotatable bonds is 9. The predicted molar refractivity (Wildman–Crippen MR) is 113 cm³/mol. The minimum absolute atomic E-state index is 0.116. The lowest BCUT2D eigenvalue weighted by atomic mass is 10.1. The molecule has 0 fully saturated rings. The smallest absolute Gasteiger partial charge is 0.252 e. The number of hydrogen-bond acceptors (Lipinski definition) is 6. The molecule has 0 aliphatic rings. The van der Waals surface area contributed by atoms with Gasteiger partial charge in [0.1, 0.15) is 0 Å². The van der Waals surface area contributed by atoms with Gasteiger partial charge in [0.25, 0.3) is 5.91 Å². The molecule has 1 N–H and O–H groups in total. The van der Waals surface area contributed by atoms with Gasteiger partial charge in [0.15, 0.2) is 5.82 Å². The van der Waals surface area contributed by atoms with Crippen molar-refractivity contribution in [3.05, 3.63) is 76.9 Å². The number of carbonyl (C=O) groups excluding carboxylic acids is 1. The Morgan fingerprint density at radius 1 is 1.14 bits per heavy atom. The molecule has 0 bridgehead atoms. The third-order valence-electron chi connectivity index (χ3n) is 4.18. The van der Waals surface area contributed by atoms with Crippen molar-refractivity contribution in [3.8, 4) is 0 Å². The molecule has 0 saturated carbocycles. The van der Waals surface area contributed by atoms with Crippen LogP contribution in [0.5, 0.6) is 0 Å². The summed E-state index contributed by atoms with van der Waals surface area (Å²) in [5, 5.41) is 6.82. The summed E-state index contributed by atoms with van der Waals surface area (Å²) in [7, 11) is 0. The molecule has 0 spiro atoms. The maximum absolute atomic E-state index is 12.8. The third kappa shape index (κ3) is 6.17. The molecule has 0 aliphatic carbocycles. The van der Waals surface area contributed by atoms with Crippen molar-refractivity contribution < 1.29 is 14.1 Å². The van der Waals surface area contributed by atoms with Crippen LogP contribution in [-0.2, 0) is 23.6 Å². The molecule has 7 heteroatoms. The van der Waals surface area contributed by atoms with Gasteiger partial charge in [-0.05, 0) is 44.0 Å². The third-order valence-corrected chi connectivity index (χ3v) is 5.24. The lowest BCUT2D eigenvalue weighted by Crippen LogP contribution is -2.24. The average Bonchev–Trinajstić information content (AvgIpc) is 3.15. The number of aryl methyl sites for hydroxylation is 1. The Morgan fingerprint density at radius 3 is 2.59 bits per heavy atom. The van der Waals surface area contributed by atoms with Crippen molar-refractivity contribution in [1.82, 2.24) is 15.5 Å². The van der Waals surface area contributed by atoms with Crippen LogP contribution in [0.15, 0.2) is 57.9 Å². The summed E-state index contributed by atoms with van der Waals surface area (Å²) in [6, 6.07) is 15.5. The number of nitrogens with one attached hydrogen (secondary N) is 1. The molecule has 0 atom stereocenters. The second-order valence-corrected chi connectivity index (χ2v) is 7.85. The fraction of sp³-hybridized carbons (Fsp3) is 0.318. The first-order chi connectivity index (χ1) is 14.0. The summed E-state index contributed by atoms with van der Waals surface area (Å²) < 4.78 is 10.9. The van der Waals surface area contributed by atoms with Crippen molar-refractivity contribution in [2.45, 2.75) is 50.7 Å². The van der Waals surface area contributed by atoms with Crippen LogP contribution >= 0.6 is 11.8 Å². The molecule has 0 saturated heterocycles. The molecule has 2 aromatic carbocycles. The van der Waals surface area contributed by atoms with Gasteiger partial charge in [-0.1, -0.05) is 41.6 Å². The van der Waals surface area contributed by atoms with E-state index in [1.807, 2.05) is 62.4 Å². The Kier molecular flexibility index (Phi) is 7.43. The largest absolute Gasteiger partial charge is 0.374 e. The Labute approximate surface area is 175 Å². The van der Waals surface area contributed by atoms with Crippen molar-refractivity contribution in [1.29, 1.82) is 0 Å². The number of benzene rings is 2. The highest BCUT2D eigenvalue weighted by atomic mass is 32.2. The van der Waals surface area contributed by atoms with Gasteiger partial charge in [0.05, 0.1) is 24.0 Å². The van der Waals surface area contributed by atoms with Gasteiger partial charge in [-0.25, -0.2) is 0 Å². The standard InChI is InChI=1S/C22H25N3O3S/c1-15(2)27-13-18-9-5-4-8-17(18)12-23-22(26)19-10-6-7-11-20(19)29-14-21-24-16(3)25-28-21/h4-11,15H,12-14H2,1-3H3,(H,23,26). The van der Waals surface area contributed by atoms with E-state index in [0.717, 1.165) is 16.0 Å². The lowest BCUT2D eigenvalue weighted by Gasteiger charge is -2.14. The lowest BCUT2D eigenvalue weighted by molar-refractivity contribution is 0.0651. The van der Waals surface area contributed by atoms with Crippen LogP contribution in [0, 0.1) is 6.92 Å². The quantitative estimate of drug-likeness (QED) is 0.522. The molecule has 0 radical (unpaired) electrons. The minimum Gasteiger partial charge on any atom is -0.374 e. The molecule has 3 aromatic rings. The molecule has 0 aliphatic heterocycles. The van der Waals surface area contributed by atoms with Gasteiger partial charge in [0.2, 0.25) is 5.89 Å². The molecule has 0 unspecified atom stereocenters. The number of nitrogens with zero attached hydrogens (tertiary/aromatic N) is 2. The topological polar surface area (TPSA) is 77.2 Å². The zero-order chi connectivity index (χ0) is 20.6. The molecule has 29 heavy (non-hydrogen) atoms. The first-order valence-electron chi connectivity index (χ1n) is 9.50. The highest BCUT2D eigenvalue weighted by Crippen LogP contribution is 2.26. The van der Waals surface area contributed by atoms with Crippen molar-refractivity contribution >= 4 is 17.7 Å². The Hall–Kier alpha value is -2.64. The summed E-state index contributed by atoms with van der Waals surface area (Å²) in [5.74, 6) is 1.54. The number of hydrogen-bond donors (Lipinski definition) is 1. The maximum Gasteiger partial charge on any atom is 0.252 e. The van der Waals surface area contributed by atoms with E-state index in [9.17, 15) is 4.79 Å². The van der Waals surface area contributed by atoms with E-state index >= 15 is 0 Å². The van der Waals surface area contributed by atoms with Crippen LogP contribution in [0.1, 0.15) is 47.0 Å². The zero-order valence-electron chi connectivity index (χ0n) is 16.8. The number of thioether (sulfide) groups is 1. The normalized spacial score (nSPS) is 11.0. The summed E-state index contributed by atoms with van der Waals surface area (Å²) in [6.07, 6.45) is 0.157. The average molecular weight is 412 g/mol. The minimum atomic E-state index is -0.116. The number of amides is 1. The number of ether oxygens (including phenoxy) is 1. The van der Waals surface area contributed by atoms with E-state index in [1.54, 1.807) is 6.92 Å². The van der Waals surface area contributed by atoms with Crippen LogP contribution in [-0.4, -0.2) is 22.2 Å². The summed E-state index contributed by atoms with van der Waals surface area (Å²) in [5.41, 5.74) is 2.76. The van der Waals surface area contributed by atoms with E-state index in [2.05, 4.69) is 15.5 Å². The van der Waals surface area contributed by atoms with E-state index in [1.165, 1.54) is 11.8 Å². The van der Waals surface area contributed by atoms with Gasteiger partial charge in [-0.2, -0.15) is 4.98 Å². The van der Waals surface area contributed by atoms with Gasteiger partial charge >= 0.3 is 0 Å². The molecule has 3 rings (SSSR count). The van der Waals surface area contributed by atoms with Gasteiger partial charge in [0, 0.05) is 11.4 Å². The Balaban J connectivity index is 1.64. The van der Waals surface area contributed by atoms with Crippen LogP contribution in [0.2, 0.25) is 0 Å². The van der Waals surface area contributed by atoms with Gasteiger partial charge < -0.3 is 14.6 Å². The highest BCUT2D eigenvalue weighted by Gasteiger charge is 2.13. The predicted octanol–water partition coefficient (Wildman–Crippen LogP) is 4.53. The zero-order valence-corrected chi connectivity index (χ0v) is 17.7. The van der Waals surface area contributed by atoms with Crippen LogP contribution in [0.25, 0.3) is 0 Å². The maximum atomic E-state index is 12.8. The highest BCUT2D eigenvalue weighted by molar-refractivity contribution is 7.98. The summed E-state index contributed by atoms with van der Waals surface area (Å²) >= 11 is 1.50. The summed E-state index contributed by atoms with van der Waals surface area (Å²) in [6.45, 7) is 6.77. The first kappa shape index (κ1) is 21.1. The number of aromatic nitrogens is 2. The second kappa shape index (κ2) is 10.2. The van der Waals surface area contributed by atoms with Crippen LogP contribution in [0.3, 0.4) is 0 Å². The molecular weight excluding hydrogens is 386 g/mol. The molecular formula is C22H25N3O3S. The van der Waals surface area contributed by atoms with E-state index in [4.69, 9.17) is 9.26 Å². The summed E-state index contributed by atoms with van der Waals surface area (Å²) in [4.78, 5) is 17.9. The van der Waals surface area contributed by atoms with E-state index in [0.29, 0.717) is 36.2 Å².